The lowest BCUT2D eigenvalue weighted by Gasteiger charge is -2.17. The third-order valence-electron chi connectivity index (χ3n) is 3.88. The van der Waals surface area contributed by atoms with Gasteiger partial charge in [0, 0.05) is 38.2 Å². The van der Waals surface area contributed by atoms with Gasteiger partial charge in [-0.3, -0.25) is 9.78 Å². The molecule has 6 nitrogen and oxygen atoms in total. The summed E-state index contributed by atoms with van der Waals surface area (Å²) in [6.45, 7) is 2.95. The largest absolute Gasteiger partial charge is 0.350 e. The van der Waals surface area contributed by atoms with Gasteiger partial charge in [-0.15, -0.1) is 0 Å². The van der Waals surface area contributed by atoms with E-state index >= 15 is 0 Å². The summed E-state index contributed by atoms with van der Waals surface area (Å²) >= 11 is 0. The Morgan fingerprint density at radius 2 is 1.77 bits per heavy atom. The number of pyridine rings is 1. The lowest BCUT2D eigenvalue weighted by atomic mass is 10.2. The Bertz CT molecular complexity index is 868. The molecule has 1 aromatic carbocycles. The van der Waals surface area contributed by atoms with E-state index in [0.29, 0.717) is 24.7 Å². The molecule has 0 radical (unpaired) electrons. The molecule has 0 bridgehead atoms. The number of hydrogen-bond donors (Lipinski definition) is 1. The van der Waals surface area contributed by atoms with E-state index in [-0.39, 0.29) is 5.91 Å². The zero-order valence-electron chi connectivity index (χ0n) is 14.9. The van der Waals surface area contributed by atoms with E-state index in [1.54, 1.807) is 30.4 Å². The van der Waals surface area contributed by atoms with Gasteiger partial charge in [0.1, 0.15) is 5.69 Å². The quantitative estimate of drug-likeness (QED) is 0.742. The van der Waals surface area contributed by atoms with Crippen LogP contribution in [-0.4, -0.2) is 32.8 Å². The first-order chi connectivity index (χ1) is 12.6. The number of benzene rings is 1. The molecule has 0 unspecified atom stereocenters. The fourth-order valence-corrected chi connectivity index (χ4v) is 2.56. The number of hydrogen-bond acceptors (Lipinski definition) is 5. The molecule has 0 spiro atoms. The van der Waals surface area contributed by atoms with Crippen molar-refractivity contribution in [3.8, 4) is 0 Å². The summed E-state index contributed by atoms with van der Waals surface area (Å²) in [5.74, 6) is 0.310. The second kappa shape index (κ2) is 8.20. The number of carbonyl (C=O) groups is 1. The molecule has 2 aromatic heterocycles. The third-order valence-corrected chi connectivity index (χ3v) is 3.88. The van der Waals surface area contributed by atoms with E-state index in [1.165, 1.54) is 0 Å². The van der Waals surface area contributed by atoms with Gasteiger partial charge in [-0.1, -0.05) is 30.3 Å². The van der Waals surface area contributed by atoms with E-state index < -0.39 is 0 Å². The van der Waals surface area contributed by atoms with Crippen LogP contribution in [0.5, 0.6) is 0 Å². The van der Waals surface area contributed by atoms with Crippen molar-refractivity contribution in [3.63, 3.8) is 0 Å². The Hall–Kier alpha value is -3.28. The first-order valence-corrected chi connectivity index (χ1v) is 8.39. The highest BCUT2D eigenvalue weighted by Crippen LogP contribution is 2.11. The molecule has 6 heteroatoms. The van der Waals surface area contributed by atoms with Crippen molar-refractivity contribution in [1.29, 1.82) is 0 Å². The summed E-state index contributed by atoms with van der Waals surface area (Å²) in [6.07, 6.45) is 3.48. The van der Waals surface area contributed by atoms with Gasteiger partial charge in [-0.2, -0.15) is 0 Å². The molecule has 1 amide bonds. The van der Waals surface area contributed by atoms with Crippen LogP contribution in [0.15, 0.2) is 60.9 Å². The second-order valence-corrected chi connectivity index (χ2v) is 6.07. The maximum absolute atomic E-state index is 12.7. The Labute approximate surface area is 153 Å². The number of rotatable bonds is 6. The maximum atomic E-state index is 12.7. The average molecular weight is 347 g/mol. The van der Waals surface area contributed by atoms with Crippen molar-refractivity contribution < 1.29 is 4.79 Å². The predicted molar refractivity (Wildman–Crippen MR) is 101 cm³/mol. The topological polar surface area (TPSA) is 71.0 Å². The minimum Gasteiger partial charge on any atom is -0.350 e. The standard InChI is InChI=1S/C20H21N5O/c1-15-12-18(19(26)25(2)14-17-6-4-3-5-7-17)24-20(23-15)22-13-16-8-10-21-11-9-16/h3-12H,13-14H2,1-2H3,(H,22,23,24). The Morgan fingerprint density at radius 3 is 2.50 bits per heavy atom. The fourth-order valence-electron chi connectivity index (χ4n) is 2.56. The van der Waals surface area contributed by atoms with Gasteiger partial charge in [0.25, 0.3) is 5.91 Å². The highest BCUT2D eigenvalue weighted by molar-refractivity contribution is 5.92. The van der Waals surface area contributed by atoms with Gasteiger partial charge < -0.3 is 10.2 Å². The zero-order chi connectivity index (χ0) is 18.4. The van der Waals surface area contributed by atoms with Crippen LogP contribution in [0.3, 0.4) is 0 Å². The Balaban J connectivity index is 1.70. The van der Waals surface area contributed by atoms with Gasteiger partial charge >= 0.3 is 0 Å². The van der Waals surface area contributed by atoms with Crippen molar-refractivity contribution in [3.05, 3.63) is 83.4 Å². The number of nitrogens with one attached hydrogen (secondary N) is 1. The van der Waals surface area contributed by atoms with Gasteiger partial charge in [0.05, 0.1) is 0 Å². The predicted octanol–water partition coefficient (Wildman–Crippen LogP) is 3.06. The molecule has 0 fully saturated rings. The van der Waals surface area contributed by atoms with Crippen molar-refractivity contribution in [2.45, 2.75) is 20.0 Å². The summed E-state index contributed by atoms with van der Waals surface area (Å²) in [4.78, 5) is 27.1. The summed E-state index contributed by atoms with van der Waals surface area (Å²) in [7, 11) is 1.77. The van der Waals surface area contributed by atoms with Crippen molar-refractivity contribution in [2.75, 3.05) is 12.4 Å². The molecule has 26 heavy (non-hydrogen) atoms. The van der Waals surface area contributed by atoms with Crippen LogP contribution in [0.4, 0.5) is 5.95 Å². The lowest BCUT2D eigenvalue weighted by molar-refractivity contribution is 0.0779. The van der Waals surface area contributed by atoms with Gasteiger partial charge in [0.2, 0.25) is 5.95 Å². The Morgan fingerprint density at radius 1 is 1.04 bits per heavy atom. The summed E-state index contributed by atoms with van der Waals surface area (Å²) in [6, 6.07) is 15.4. The summed E-state index contributed by atoms with van der Waals surface area (Å²) < 4.78 is 0. The van der Waals surface area contributed by atoms with Crippen LogP contribution in [-0.2, 0) is 13.1 Å². The van der Waals surface area contributed by atoms with Crippen LogP contribution < -0.4 is 5.32 Å². The molecule has 3 aromatic rings. The first-order valence-electron chi connectivity index (χ1n) is 8.39. The maximum Gasteiger partial charge on any atom is 0.272 e. The summed E-state index contributed by atoms with van der Waals surface area (Å²) in [5.41, 5.74) is 3.27. The van der Waals surface area contributed by atoms with Crippen LogP contribution in [0, 0.1) is 6.92 Å². The zero-order valence-corrected chi connectivity index (χ0v) is 14.9. The molecule has 0 aliphatic heterocycles. The van der Waals surface area contributed by atoms with E-state index in [2.05, 4.69) is 20.3 Å². The minimum atomic E-state index is -0.133. The molecule has 0 aliphatic rings. The molecule has 1 N–H and O–H groups in total. The smallest absolute Gasteiger partial charge is 0.272 e. The van der Waals surface area contributed by atoms with Crippen molar-refractivity contribution in [1.82, 2.24) is 19.9 Å². The van der Waals surface area contributed by atoms with Crippen molar-refractivity contribution in [2.24, 2.45) is 0 Å². The van der Waals surface area contributed by atoms with E-state index in [0.717, 1.165) is 16.8 Å². The molecule has 0 aliphatic carbocycles. The second-order valence-electron chi connectivity index (χ2n) is 6.07. The van der Waals surface area contributed by atoms with Gasteiger partial charge in [-0.25, -0.2) is 9.97 Å². The van der Waals surface area contributed by atoms with E-state index in [4.69, 9.17) is 0 Å². The molecular weight excluding hydrogens is 326 g/mol. The fraction of sp³-hybridized carbons (Fsp3) is 0.200. The van der Waals surface area contributed by atoms with Crippen LogP contribution in [0.25, 0.3) is 0 Å². The number of carbonyl (C=O) groups excluding carboxylic acids is 1. The van der Waals surface area contributed by atoms with E-state index in [9.17, 15) is 4.79 Å². The Kier molecular flexibility index (Phi) is 5.53. The lowest BCUT2D eigenvalue weighted by Crippen LogP contribution is -2.27. The van der Waals surface area contributed by atoms with E-state index in [1.807, 2.05) is 49.4 Å². The third kappa shape index (κ3) is 4.63. The highest BCUT2D eigenvalue weighted by atomic mass is 16.2. The van der Waals surface area contributed by atoms with Gasteiger partial charge in [-0.05, 0) is 36.2 Å². The first kappa shape index (κ1) is 17.5. The monoisotopic (exact) mass is 347 g/mol. The molecule has 0 saturated carbocycles. The number of nitrogens with zero attached hydrogens (tertiary/aromatic N) is 4. The summed E-state index contributed by atoms with van der Waals surface area (Å²) in [5, 5.41) is 3.16. The van der Waals surface area contributed by atoms with Crippen LogP contribution >= 0.6 is 0 Å². The van der Waals surface area contributed by atoms with Crippen LogP contribution in [0.2, 0.25) is 0 Å². The number of aromatic nitrogens is 3. The van der Waals surface area contributed by atoms with Crippen LogP contribution in [0.1, 0.15) is 27.3 Å². The number of anilines is 1. The SMILES string of the molecule is Cc1cc(C(=O)N(C)Cc2ccccc2)nc(NCc2ccncc2)n1. The number of amides is 1. The minimum absolute atomic E-state index is 0.133. The number of aryl methyl sites for hydroxylation is 1. The molecule has 132 valence electrons. The molecule has 3 rings (SSSR count). The molecule has 0 atom stereocenters. The normalized spacial score (nSPS) is 10.4. The molecule has 0 saturated heterocycles. The van der Waals surface area contributed by atoms with Gasteiger partial charge in [0.15, 0.2) is 0 Å². The molecule has 2 heterocycles. The van der Waals surface area contributed by atoms with Crippen molar-refractivity contribution >= 4 is 11.9 Å². The highest BCUT2D eigenvalue weighted by Gasteiger charge is 2.15. The molecular formula is C20H21N5O. The average Bonchev–Trinajstić information content (AvgIpc) is 2.67.